The van der Waals surface area contributed by atoms with Crippen molar-refractivity contribution in [3.8, 4) is 0 Å². The van der Waals surface area contributed by atoms with E-state index in [0.717, 1.165) is 5.70 Å². The van der Waals surface area contributed by atoms with Gasteiger partial charge in [0.15, 0.2) is 0 Å². The predicted molar refractivity (Wildman–Crippen MR) is 34.4 cm³/mol. The van der Waals surface area contributed by atoms with Gasteiger partial charge in [0, 0.05) is 5.70 Å². The molecular formula is C5H11N3. The van der Waals surface area contributed by atoms with E-state index >= 15 is 0 Å². The van der Waals surface area contributed by atoms with E-state index < -0.39 is 0 Å². The van der Waals surface area contributed by atoms with Crippen LogP contribution < -0.4 is 17.0 Å². The van der Waals surface area contributed by atoms with Gasteiger partial charge in [-0.1, -0.05) is 0 Å². The van der Waals surface area contributed by atoms with Crippen LogP contribution in [-0.4, -0.2) is 0 Å². The Bertz CT molecular complexity index is 104. The first-order valence-corrected chi connectivity index (χ1v) is 2.33. The fraction of sp³-hybridized carbons (Fsp3) is 0.200. The summed E-state index contributed by atoms with van der Waals surface area (Å²) in [6.45, 7) is 1.85. The highest BCUT2D eigenvalue weighted by molar-refractivity contribution is 5.06. The zero-order valence-electron chi connectivity index (χ0n) is 4.89. The standard InChI is InChI=1S/C5H11N3/c1-5(8-7)3-2-4-6/h2-4,8H,6-7H2,1H3/b4-2-,5-3-. The predicted octanol–water partition coefficient (Wildman–Crippen LogP) is -0.174. The second-order valence-electron chi connectivity index (χ2n) is 1.38. The summed E-state index contributed by atoms with van der Waals surface area (Å²) in [6, 6.07) is 0. The van der Waals surface area contributed by atoms with Crippen molar-refractivity contribution < 1.29 is 0 Å². The minimum absolute atomic E-state index is 0.881. The van der Waals surface area contributed by atoms with E-state index in [1.165, 1.54) is 6.20 Å². The Hall–Kier alpha value is -0.960. The third kappa shape index (κ3) is 3.24. The summed E-state index contributed by atoms with van der Waals surface area (Å²) < 4.78 is 0. The van der Waals surface area contributed by atoms with Gasteiger partial charge in [0.2, 0.25) is 0 Å². The van der Waals surface area contributed by atoms with Crippen molar-refractivity contribution >= 4 is 0 Å². The number of nitrogens with one attached hydrogen (secondary N) is 1. The van der Waals surface area contributed by atoms with Gasteiger partial charge in [0.25, 0.3) is 0 Å². The van der Waals surface area contributed by atoms with E-state index in [2.05, 4.69) is 5.43 Å². The van der Waals surface area contributed by atoms with E-state index in [9.17, 15) is 0 Å². The second-order valence-corrected chi connectivity index (χ2v) is 1.38. The maximum absolute atomic E-state index is 5.04. The monoisotopic (exact) mass is 113 g/mol. The van der Waals surface area contributed by atoms with Crippen LogP contribution in [0.25, 0.3) is 0 Å². The first-order chi connectivity index (χ1) is 3.81. The van der Waals surface area contributed by atoms with Gasteiger partial charge in [0.05, 0.1) is 0 Å². The molecule has 0 aromatic carbocycles. The van der Waals surface area contributed by atoms with Crippen LogP contribution in [0.4, 0.5) is 0 Å². The first kappa shape index (κ1) is 7.04. The molecule has 0 aromatic heterocycles. The Kier molecular flexibility index (Phi) is 3.70. The molecule has 0 rings (SSSR count). The third-order valence-corrected chi connectivity index (χ3v) is 0.685. The van der Waals surface area contributed by atoms with Gasteiger partial charge in [-0.3, -0.25) is 5.84 Å². The van der Waals surface area contributed by atoms with Gasteiger partial charge in [0.1, 0.15) is 0 Å². The molecule has 0 bridgehead atoms. The second kappa shape index (κ2) is 4.21. The largest absolute Gasteiger partial charge is 0.405 e. The molecule has 0 saturated carbocycles. The van der Waals surface area contributed by atoms with Gasteiger partial charge in [-0.2, -0.15) is 0 Å². The summed E-state index contributed by atoms with van der Waals surface area (Å²) in [6.07, 6.45) is 4.93. The van der Waals surface area contributed by atoms with E-state index in [1.54, 1.807) is 12.2 Å². The van der Waals surface area contributed by atoms with E-state index in [-0.39, 0.29) is 0 Å². The van der Waals surface area contributed by atoms with Gasteiger partial charge in [-0.25, -0.2) is 0 Å². The number of allylic oxidation sites excluding steroid dienone is 3. The number of nitrogens with two attached hydrogens (primary N) is 2. The molecule has 5 N–H and O–H groups in total. The molecule has 0 aromatic rings. The quantitative estimate of drug-likeness (QED) is 0.264. The van der Waals surface area contributed by atoms with Gasteiger partial charge in [-0.15, -0.1) is 0 Å². The van der Waals surface area contributed by atoms with Crippen LogP contribution in [-0.2, 0) is 0 Å². The number of hydrazine groups is 1. The third-order valence-electron chi connectivity index (χ3n) is 0.685. The topological polar surface area (TPSA) is 64.1 Å². The zero-order chi connectivity index (χ0) is 6.41. The van der Waals surface area contributed by atoms with Crippen molar-refractivity contribution in [3.05, 3.63) is 24.0 Å². The molecule has 0 spiro atoms. The number of hydrogen-bond acceptors (Lipinski definition) is 3. The van der Waals surface area contributed by atoms with E-state index in [4.69, 9.17) is 11.6 Å². The van der Waals surface area contributed by atoms with Crippen LogP contribution in [0.5, 0.6) is 0 Å². The fourth-order valence-corrected chi connectivity index (χ4v) is 0.248. The highest BCUT2D eigenvalue weighted by Gasteiger charge is 1.73. The highest BCUT2D eigenvalue weighted by atomic mass is 15.2. The molecule has 0 fully saturated rings. The van der Waals surface area contributed by atoms with Gasteiger partial charge in [-0.05, 0) is 25.3 Å². The lowest BCUT2D eigenvalue weighted by molar-refractivity contribution is 0.886. The maximum Gasteiger partial charge on any atom is 0.0228 e. The zero-order valence-corrected chi connectivity index (χ0v) is 4.89. The number of rotatable bonds is 2. The molecule has 46 valence electrons. The summed E-state index contributed by atoms with van der Waals surface area (Å²) in [7, 11) is 0. The van der Waals surface area contributed by atoms with Crippen molar-refractivity contribution in [3.63, 3.8) is 0 Å². The van der Waals surface area contributed by atoms with Crippen molar-refractivity contribution in [1.82, 2.24) is 5.43 Å². The molecule has 3 nitrogen and oxygen atoms in total. The highest BCUT2D eigenvalue weighted by Crippen LogP contribution is 1.81. The molecule has 0 atom stereocenters. The Morgan fingerprint density at radius 3 is 2.62 bits per heavy atom. The Morgan fingerprint density at radius 1 is 1.62 bits per heavy atom. The van der Waals surface area contributed by atoms with Gasteiger partial charge < -0.3 is 11.2 Å². The average Bonchev–Trinajstić information content (AvgIpc) is 1.83. The summed E-state index contributed by atoms with van der Waals surface area (Å²) in [5.41, 5.74) is 8.37. The minimum Gasteiger partial charge on any atom is -0.405 e. The van der Waals surface area contributed by atoms with E-state index in [1.807, 2.05) is 6.92 Å². The molecule has 0 unspecified atom stereocenters. The molecule has 0 amide bonds. The summed E-state index contributed by atoms with van der Waals surface area (Å²) >= 11 is 0. The molecule has 0 saturated heterocycles. The lowest BCUT2D eigenvalue weighted by atomic mass is 10.4. The lowest BCUT2D eigenvalue weighted by Gasteiger charge is -1.92. The van der Waals surface area contributed by atoms with Crippen LogP contribution in [0, 0.1) is 0 Å². The molecule has 8 heavy (non-hydrogen) atoms. The minimum atomic E-state index is 0.881. The van der Waals surface area contributed by atoms with Gasteiger partial charge >= 0.3 is 0 Å². The van der Waals surface area contributed by atoms with Crippen LogP contribution in [0.15, 0.2) is 24.0 Å². The SMILES string of the molecule is C/C(=C/C=C\N)NN. The average molecular weight is 113 g/mol. The van der Waals surface area contributed by atoms with Crippen LogP contribution in [0.2, 0.25) is 0 Å². The molecular weight excluding hydrogens is 102 g/mol. The summed E-state index contributed by atoms with van der Waals surface area (Å²) in [5, 5.41) is 0. The molecule has 3 heteroatoms. The van der Waals surface area contributed by atoms with Crippen molar-refractivity contribution in [2.24, 2.45) is 11.6 Å². The molecule has 0 aliphatic carbocycles. The maximum atomic E-state index is 5.04. The van der Waals surface area contributed by atoms with Crippen molar-refractivity contribution in [2.45, 2.75) is 6.92 Å². The van der Waals surface area contributed by atoms with Crippen molar-refractivity contribution in [1.29, 1.82) is 0 Å². The van der Waals surface area contributed by atoms with Crippen LogP contribution >= 0.6 is 0 Å². The normalized spacial score (nSPS) is 12.5. The Balaban J connectivity index is 3.57. The summed E-state index contributed by atoms with van der Waals surface area (Å²) in [4.78, 5) is 0. The smallest absolute Gasteiger partial charge is 0.0228 e. The number of hydrogen-bond donors (Lipinski definition) is 3. The first-order valence-electron chi connectivity index (χ1n) is 2.33. The molecule has 0 aliphatic heterocycles. The van der Waals surface area contributed by atoms with E-state index in [0.29, 0.717) is 0 Å². The van der Waals surface area contributed by atoms with Crippen LogP contribution in [0.1, 0.15) is 6.92 Å². The van der Waals surface area contributed by atoms with Crippen LogP contribution in [0.3, 0.4) is 0 Å². The summed E-state index contributed by atoms with van der Waals surface area (Å²) in [5.74, 6) is 5.02. The van der Waals surface area contributed by atoms with Crippen molar-refractivity contribution in [2.75, 3.05) is 0 Å². The Labute approximate surface area is 49.0 Å². The lowest BCUT2D eigenvalue weighted by Crippen LogP contribution is -2.18. The fourth-order valence-electron chi connectivity index (χ4n) is 0.248. The molecule has 0 heterocycles. The Morgan fingerprint density at radius 2 is 2.25 bits per heavy atom. The molecule has 0 radical (unpaired) electrons. The molecule has 0 aliphatic rings.